The predicted octanol–water partition coefficient (Wildman–Crippen LogP) is 2.18. The zero-order valence-electron chi connectivity index (χ0n) is 10.6. The molecule has 19 heavy (non-hydrogen) atoms. The van der Waals surface area contributed by atoms with E-state index in [4.69, 9.17) is 11.5 Å². The molecule has 104 valence electrons. The van der Waals surface area contributed by atoms with E-state index in [1.165, 1.54) is 12.1 Å². The highest BCUT2D eigenvalue weighted by atomic mass is 16.3. The summed E-state index contributed by atoms with van der Waals surface area (Å²) in [6.07, 6.45) is 0.383. The zero-order valence-corrected chi connectivity index (χ0v) is 10.6. The number of phenols is 2. The smallest absolute Gasteiger partial charge is 0.119 e. The van der Waals surface area contributed by atoms with Crippen LogP contribution < -0.4 is 23.8 Å². The van der Waals surface area contributed by atoms with E-state index in [0.717, 1.165) is 0 Å². The van der Waals surface area contributed by atoms with Crippen molar-refractivity contribution in [3.8, 4) is 11.5 Å². The SMILES string of the molecule is N.N.Nc1ccc(O)c(Cc2cc(N)ccc2O)c1. The first-order chi connectivity index (χ1) is 8.06. The molecule has 0 fully saturated rings. The third-order valence-corrected chi connectivity index (χ3v) is 2.59. The van der Waals surface area contributed by atoms with Gasteiger partial charge in [0.25, 0.3) is 0 Å². The molecule has 2 aromatic carbocycles. The second-order valence-electron chi connectivity index (χ2n) is 3.95. The summed E-state index contributed by atoms with van der Waals surface area (Å²) in [7, 11) is 0. The monoisotopic (exact) mass is 264 g/mol. The highest BCUT2D eigenvalue weighted by molar-refractivity contribution is 5.53. The van der Waals surface area contributed by atoms with E-state index in [0.29, 0.717) is 28.9 Å². The topological polar surface area (TPSA) is 162 Å². The molecule has 0 aliphatic carbocycles. The second kappa shape index (κ2) is 6.48. The van der Waals surface area contributed by atoms with Crippen LogP contribution in [0.4, 0.5) is 11.4 Å². The number of rotatable bonds is 2. The summed E-state index contributed by atoms with van der Waals surface area (Å²) in [5, 5.41) is 19.4. The van der Waals surface area contributed by atoms with Crippen LogP contribution in [0.25, 0.3) is 0 Å². The Bertz CT molecular complexity index is 509. The molecule has 0 radical (unpaired) electrons. The fourth-order valence-electron chi connectivity index (χ4n) is 1.70. The van der Waals surface area contributed by atoms with Crippen LogP contribution in [-0.2, 0) is 6.42 Å². The van der Waals surface area contributed by atoms with Crippen molar-refractivity contribution >= 4 is 11.4 Å². The van der Waals surface area contributed by atoms with Crippen molar-refractivity contribution in [2.75, 3.05) is 11.5 Å². The summed E-state index contributed by atoms with van der Waals surface area (Å²) >= 11 is 0. The molecule has 0 spiro atoms. The summed E-state index contributed by atoms with van der Waals surface area (Å²) in [6, 6.07) is 9.67. The van der Waals surface area contributed by atoms with Crippen LogP contribution >= 0.6 is 0 Å². The summed E-state index contributed by atoms with van der Waals surface area (Å²) < 4.78 is 0. The molecule has 0 aliphatic heterocycles. The summed E-state index contributed by atoms with van der Waals surface area (Å²) in [5.41, 5.74) is 13.8. The molecule has 6 heteroatoms. The number of hydrogen-bond acceptors (Lipinski definition) is 6. The van der Waals surface area contributed by atoms with Crippen LogP contribution in [0.5, 0.6) is 11.5 Å². The molecule has 2 aromatic rings. The van der Waals surface area contributed by atoms with E-state index in [9.17, 15) is 10.2 Å². The van der Waals surface area contributed by atoms with Gasteiger partial charge in [0.15, 0.2) is 0 Å². The first kappa shape index (κ1) is 16.6. The molecular formula is C13H20N4O2. The Morgan fingerprint density at radius 1 is 0.737 bits per heavy atom. The van der Waals surface area contributed by atoms with Crippen LogP contribution in [0.2, 0.25) is 0 Å². The predicted molar refractivity (Wildman–Crippen MR) is 77.9 cm³/mol. The molecular weight excluding hydrogens is 244 g/mol. The van der Waals surface area contributed by atoms with Crippen molar-refractivity contribution in [1.82, 2.24) is 12.3 Å². The minimum absolute atomic E-state index is 0. The van der Waals surface area contributed by atoms with Gasteiger partial charge in [0.1, 0.15) is 11.5 Å². The minimum Gasteiger partial charge on any atom is -0.508 e. The standard InChI is InChI=1S/C13H14N2O2.2H3N/c14-10-1-3-12(16)8(6-10)5-9-7-11(15)2-4-13(9)17;;/h1-4,6-7,16-17H,5,14-15H2;2*1H3. The molecule has 0 aromatic heterocycles. The van der Waals surface area contributed by atoms with Gasteiger partial charge in [-0.1, -0.05) is 0 Å². The van der Waals surface area contributed by atoms with Crippen molar-refractivity contribution in [3.05, 3.63) is 47.5 Å². The second-order valence-corrected chi connectivity index (χ2v) is 3.95. The Labute approximate surface area is 111 Å². The average molecular weight is 264 g/mol. The molecule has 0 unspecified atom stereocenters. The number of nitrogen functional groups attached to an aromatic ring is 2. The third kappa shape index (κ3) is 3.77. The number of benzene rings is 2. The van der Waals surface area contributed by atoms with E-state index in [2.05, 4.69) is 0 Å². The Morgan fingerprint density at radius 2 is 1.11 bits per heavy atom. The van der Waals surface area contributed by atoms with Crippen LogP contribution in [0.1, 0.15) is 11.1 Å². The zero-order chi connectivity index (χ0) is 12.4. The summed E-state index contributed by atoms with van der Waals surface area (Å²) in [6.45, 7) is 0. The van der Waals surface area contributed by atoms with Crippen LogP contribution in [-0.4, -0.2) is 10.2 Å². The van der Waals surface area contributed by atoms with Crippen molar-refractivity contribution in [3.63, 3.8) is 0 Å². The number of aromatic hydroxyl groups is 2. The van der Waals surface area contributed by atoms with Gasteiger partial charge in [-0.3, -0.25) is 0 Å². The van der Waals surface area contributed by atoms with E-state index in [1.807, 2.05) is 0 Å². The fourth-order valence-corrected chi connectivity index (χ4v) is 1.70. The van der Waals surface area contributed by atoms with Gasteiger partial charge >= 0.3 is 0 Å². The maximum atomic E-state index is 9.69. The molecule has 0 saturated heterocycles. The molecule has 2 rings (SSSR count). The maximum Gasteiger partial charge on any atom is 0.119 e. The van der Waals surface area contributed by atoms with Crippen LogP contribution in [0, 0.1) is 0 Å². The number of nitrogens with two attached hydrogens (primary N) is 2. The molecule has 0 atom stereocenters. The lowest BCUT2D eigenvalue weighted by atomic mass is 10.0. The molecule has 0 aliphatic rings. The Hall–Kier alpha value is -2.44. The third-order valence-electron chi connectivity index (χ3n) is 2.59. The van der Waals surface area contributed by atoms with Gasteiger partial charge in [-0.2, -0.15) is 0 Å². The molecule has 0 heterocycles. The van der Waals surface area contributed by atoms with Crippen LogP contribution in [0.3, 0.4) is 0 Å². The first-order valence-electron chi connectivity index (χ1n) is 5.21. The molecule has 6 nitrogen and oxygen atoms in total. The van der Waals surface area contributed by atoms with E-state index >= 15 is 0 Å². The van der Waals surface area contributed by atoms with Crippen molar-refractivity contribution < 1.29 is 10.2 Å². The van der Waals surface area contributed by atoms with Gasteiger partial charge in [-0.05, 0) is 36.4 Å². The Kier molecular flexibility index (Phi) is 5.65. The van der Waals surface area contributed by atoms with Crippen molar-refractivity contribution in [2.24, 2.45) is 0 Å². The quantitative estimate of drug-likeness (QED) is 0.359. The van der Waals surface area contributed by atoms with Gasteiger partial charge in [0.05, 0.1) is 0 Å². The van der Waals surface area contributed by atoms with E-state index in [-0.39, 0.29) is 23.8 Å². The minimum atomic E-state index is 0. The van der Waals surface area contributed by atoms with Gasteiger partial charge in [-0.25, -0.2) is 0 Å². The van der Waals surface area contributed by atoms with Gasteiger partial charge in [0.2, 0.25) is 0 Å². The fraction of sp³-hybridized carbons (Fsp3) is 0.0769. The van der Waals surface area contributed by atoms with Gasteiger partial charge in [0, 0.05) is 28.9 Å². The molecule has 12 N–H and O–H groups in total. The highest BCUT2D eigenvalue weighted by Crippen LogP contribution is 2.27. The van der Waals surface area contributed by atoms with Crippen molar-refractivity contribution in [1.29, 1.82) is 0 Å². The highest BCUT2D eigenvalue weighted by Gasteiger charge is 2.07. The Balaban J connectivity index is 0.00000162. The number of anilines is 2. The maximum absolute atomic E-state index is 9.69. The average Bonchev–Trinajstić information content (AvgIpc) is 2.28. The largest absolute Gasteiger partial charge is 0.508 e. The number of hydrogen-bond donors (Lipinski definition) is 6. The molecule has 0 saturated carbocycles. The summed E-state index contributed by atoms with van der Waals surface area (Å²) in [4.78, 5) is 0. The normalized spacial score (nSPS) is 9.26. The lowest BCUT2D eigenvalue weighted by Gasteiger charge is -2.08. The Morgan fingerprint density at radius 3 is 1.47 bits per heavy atom. The van der Waals surface area contributed by atoms with Crippen molar-refractivity contribution in [2.45, 2.75) is 6.42 Å². The molecule has 0 bridgehead atoms. The van der Waals surface area contributed by atoms with E-state index in [1.54, 1.807) is 24.3 Å². The van der Waals surface area contributed by atoms with Crippen LogP contribution in [0.15, 0.2) is 36.4 Å². The van der Waals surface area contributed by atoms with Gasteiger partial charge in [-0.15, -0.1) is 0 Å². The van der Waals surface area contributed by atoms with Gasteiger partial charge < -0.3 is 34.0 Å². The van der Waals surface area contributed by atoms with E-state index < -0.39 is 0 Å². The first-order valence-corrected chi connectivity index (χ1v) is 5.21. The molecule has 0 amide bonds. The lowest BCUT2D eigenvalue weighted by Crippen LogP contribution is -1.94. The number of phenolic OH excluding ortho intramolecular Hbond substituents is 2. The lowest BCUT2D eigenvalue weighted by molar-refractivity contribution is 0.463. The summed E-state index contributed by atoms with van der Waals surface area (Å²) in [5.74, 6) is 0.307.